The van der Waals surface area contributed by atoms with Gasteiger partial charge in [-0.05, 0) is 54.9 Å². The van der Waals surface area contributed by atoms with E-state index in [0.29, 0.717) is 22.2 Å². The van der Waals surface area contributed by atoms with Crippen LogP contribution in [0.3, 0.4) is 0 Å². The molecule has 1 amide bonds. The summed E-state index contributed by atoms with van der Waals surface area (Å²) >= 11 is 1.34. The van der Waals surface area contributed by atoms with Crippen molar-refractivity contribution in [2.75, 3.05) is 6.54 Å². The van der Waals surface area contributed by atoms with Gasteiger partial charge in [0.05, 0.1) is 10.6 Å². The number of thioether (sulfide) groups is 1. The molecular formula is C25H22N2O2S. The highest BCUT2D eigenvalue weighted by Crippen LogP contribution is 2.35. The summed E-state index contributed by atoms with van der Waals surface area (Å²) in [6.45, 7) is 2.57. The number of amides is 1. The van der Waals surface area contributed by atoms with E-state index in [4.69, 9.17) is 4.99 Å². The fraction of sp³-hybridized carbons (Fsp3) is 0.120. The lowest BCUT2D eigenvalue weighted by atomic mass is 10.1. The van der Waals surface area contributed by atoms with Gasteiger partial charge in [0.2, 0.25) is 0 Å². The van der Waals surface area contributed by atoms with E-state index in [2.05, 4.69) is 12.1 Å². The number of nitrogens with zero attached hydrogens (tertiary/aromatic N) is 2. The van der Waals surface area contributed by atoms with Gasteiger partial charge in [0, 0.05) is 12.1 Å². The van der Waals surface area contributed by atoms with E-state index in [1.165, 1.54) is 17.3 Å². The second kappa shape index (κ2) is 9.01. The number of aryl methyl sites for hydroxylation is 1. The molecule has 4 nitrogen and oxygen atoms in total. The normalized spacial score (nSPS) is 16.6. The van der Waals surface area contributed by atoms with Crippen molar-refractivity contribution in [3.05, 3.63) is 100 Å². The van der Waals surface area contributed by atoms with Crippen LogP contribution in [0.2, 0.25) is 0 Å². The summed E-state index contributed by atoms with van der Waals surface area (Å²) in [7, 11) is 0. The summed E-state index contributed by atoms with van der Waals surface area (Å²) < 4.78 is 0. The van der Waals surface area contributed by atoms with E-state index in [-0.39, 0.29) is 11.7 Å². The van der Waals surface area contributed by atoms with Crippen molar-refractivity contribution in [1.29, 1.82) is 0 Å². The Labute approximate surface area is 180 Å². The molecule has 1 fully saturated rings. The van der Waals surface area contributed by atoms with Gasteiger partial charge in [0.15, 0.2) is 5.17 Å². The van der Waals surface area contributed by atoms with Crippen LogP contribution in [0.4, 0.5) is 5.69 Å². The van der Waals surface area contributed by atoms with Crippen molar-refractivity contribution in [2.45, 2.75) is 13.3 Å². The van der Waals surface area contributed by atoms with Gasteiger partial charge < -0.3 is 5.11 Å². The van der Waals surface area contributed by atoms with E-state index in [0.717, 1.165) is 17.7 Å². The van der Waals surface area contributed by atoms with Crippen molar-refractivity contribution < 1.29 is 9.90 Å². The molecule has 5 heteroatoms. The van der Waals surface area contributed by atoms with Crippen LogP contribution in [-0.4, -0.2) is 27.6 Å². The number of para-hydroxylation sites is 1. The number of carbonyl (C=O) groups excluding carboxylic acids is 1. The van der Waals surface area contributed by atoms with Crippen LogP contribution in [0.5, 0.6) is 5.75 Å². The lowest BCUT2D eigenvalue weighted by Gasteiger charge is -2.15. The van der Waals surface area contributed by atoms with Crippen LogP contribution in [-0.2, 0) is 11.2 Å². The Morgan fingerprint density at radius 3 is 2.40 bits per heavy atom. The van der Waals surface area contributed by atoms with Gasteiger partial charge in [-0.3, -0.25) is 9.69 Å². The molecule has 3 aromatic carbocycles. The Kier molecular flexibility index (Phi) is 6.00. The molecule has 30 heavy (non-hydrogen) atoms. The number of phenols is 1. The zero-order chi connectivity index (χ0) is 20.9. The number of hydrogen-bond acceptors (Lipinski definition) is 4. The highest BCUT2D eigenvalue weighted by molar-refractivity contribution is 8.18. The van der Waals surface area contributed by atoms with Crippen LogP contribution >= 0.6 is 11.8 Å². The quantitative estimate of drug-likeness (QED) is 0.557. The summed E-state index contributed by atoms with van der Waals surface area (Å²) in [5.41, 5.74) is 3.76. The lowest BCUT2D eigenvalue weighted by Crippen LogP contribution is -2.31. The van der Waals surface area contributed by atoms with Gasteiger partial charge in [-0.1, -0.05) is 66.2 Å². The van der Waals surface area contributed by atoms with Crippen LogP contribution in [0, 0.1) is 6.92 Å². The number of hydrogen-bond donors (Lipinski definition) is 1. The second-order valence-corrected chi connectivity index (χ2v) is 8.10. The van der Waals surface area contributed by atoms with Crippen LogP contribution < -0.4 is 0 Å². The highest BCUT2D eigenvalue weighted by atomic mass is 32.2. The van der Waals surface area contributed by atoms with Gasteiger partial charge >= 0.3 is 0 Å². The van der Waals surface area contributed by atoms with Crippen LogP contribution in [0.15, 0.2) is 88.8 Å². The molecule has 0 aromatic heterocycles. The first-order valence-corrected chi connectivity index (χ1v) is 10.6. The molecule has 3 aromatic rings. The topological polar surface area (TPSA) is 52.9 Å². The Bertz CT molecular complexity index is 1110. The van der Waals surface area contributed by atoms with E-state index in [1.54, 1.807) is 29.2 Å². The standard InChI is InChI=1S/C25H22N2O2S/c1-18-11-13-21(14-12-18)26-25-27(16-15-19-7-3-2-4-8-19)24(29)23(30-25)17-20-9-5-6-10-22(20)28/h2-14,17,28H,15-16H2,1H3/b23-17+,26-25?. The molecule has 1 aliphatic heterocycles. The molecule has 0 aliphatic carbocycles. The third-order valence-corrected chi connectivity index (χ3v) is 5.84. The number of phenolic OH excluding ortho intramolecular Hbond substituents is 1. The molecule has 1 saturated heterocycles. The molecule has 0 spiro atoms. The second-order valence-electron chi connectivity index (χ2n) is 7.09. The molecule has 0 bridgehead atoms. The Hall–Kier alpha value is -3.31. The molecule has 0 saturated carbocycles. The maximum atomic E-state index is 13.2. The Morgan fingerprint density at radius 2 is 1.67 bits per heavy atom. The summed E-state index contributed by atoms with van der Waals surface area (Å²) in [5.74, 6) is 0.0585. The van der Waals surface area contributed by atoms with Gasteiger partial charge in [-0.2, -0.15) is 0 Å². The molecule has 1 heterocycles. The number of amidine groups is 1. The summed E-state index contributed by atoms with van der Waals surface area (Å²) in [5, 5.41) is 10.7. The predicted molar refractivity (Wildman–Crippen MR) is 124 cm³/mol. The number of aromatic hydroxyl groups is 1. The maximum absolute atomic E-state index is 13.2. The summed E-state index contributed by atoms with van der Waals surface area (Å²) in [6.07, 6.45) is 2.47. The SMILES string of the molecule is Cc1ccc(N=C2S/C(=C/c3ccccc3O)C(=O)N2CCc2ccccc2)cc1. The third-order valence-electron chi connectivity index (χ3n) is 4.84. The largest absolute Gasteiger partial charge is 0.507 e. The van der Waals surface area contributed by atoms with Crippen molar-refractivity contribution in [1.82, 2.24) is 4.90 Å². The minimum atomic E-state index is -0.0926. The smallest absolute Gasteiger partial charge is 0.266 e. The van der Waals surface area contributed by atoms with E-state index < -0.39 is 0 Å². The highest BCUT2D eigenvalue weighted by Gasteiger charge is 2.33. The van der Waals surface area contributed by atoms with Crippen LogP contribution in [0.1, 0.15) is 16.7 Å². The number of rotatable bonds is 5. The van der Waals surface area contributed by atoms with Gasteiger partial charge in [0.1, 0.15) is 5.75 Å². The molecule has 0 atom stereocenters. The average Bonchev–Trinajstić information content (AvgIpc) is 3.05. The Morgan fingerprint density at radius 1 is 0.967 bits per heavy atom. The molecule has 1 N–H and O–H groups in total. The van der Waals surface area contributed by atoms with E-state index >= 15 is 0 Å². The number of aliphatic imine (C=N–C) groups is 1. The van der Waals surface area contributed by atoms with Crippen molar-refractivity contribution in [3.8, 4) is 5.75 Å². The zero-order valence-electron chi connectivity index (χ0n) is 16.7. The average molecular weight is 415 g/mol. The molecule has 1 aliphatic rings. The van der Waals surface area contributed by atoms with Gasteiger partial charge in [0.25, 0.3) is 5.91 Å². The molecular weight excluding hydrogens is 392 g/mol. The maximum Gasteiger partial charge on any atom is 0.266 e. The zero-order valence-corrected chi connectivity index (χ0v) is 17.5. The number of benzene rings is 3. The first-order chi connectivity index (χ1) is 14.6. The first-order valence-electron chi connectivity index (χ1n) is 9.79. The minimum Gasteiger partial charge on any atom is -0.507 e. The van der Waals surface area contributed by atoms with E-state index in [1.807, 2.05) is 55.5 Å². The van der Waals surface area contributed by atoms with Crippen molar-refractivity contribution in [2.24, 2.45) is 4.99 Å². The third kappa shape index (κ3) is 4.63. The fourth-order valence-corrected chi connectivity index (χ4v) is 4.17. The minimum absolute atomic E-state index is 0.0926. The molecule has 150 valence electrons. The van der Waals surface area contributed by atoms with E-state index in [9.17, 15) is 9.90 Å². The fourth-order valence-electron chi connectivity index (χ4n) is 3.15. The summed E-state index contributed by atoms with van der Waals surface area (Å²) in [6, 6.07) is 25.0. The lowest BCUT2D eigenvalue weighted by molar-refractivity contribution is -0.122. The molecule has 0 unspecified atom stereocenters. The Balaban J connectivity index is 1.65. The van der Waals surface area contributed by atoms with Crippen LogP contribution in [0.25, 0.3) is 6.08 Å². The summed E-state index contributed by atoms with van der Waals surface area (Å²) in [4.78, 5) is 20.2. The monoisotopic (exact) mass is 414 g/mol. The van der Waals surface area contributed by atoms with Gasteiger partial charge in [-0.15, -0.1) is 0 Å². The molecule has 4 rings (SSSR count). The first kappa shape index (κ1) is 20.0. The predicted octanol–water partition coefficient (Wildman–Crippen LogP) is 5.55. The van der Waals surface area contributed by atoms with Gasteiger partial charge in [-0.25, -0.2) is 4.99 Å². The van der Waals surface area contributed by atoms with Crippen molar-refractivity contribution in [3.63, 3.8) is 0 Å². The molecule has 0 radical (unpaired) electrons. The van der Waals surface area contributed by atoms with Crippen molar-refractivity contribution >= 4 is 34.6 Å². The number of carbonyl (C=O) groups is 1.